The molecule has 7 heteroatoms. The lowest BCUT2D eigenvalue weighted by Crippen LogP contribution is -2.41. The molecule has 0 unspecified atom stereocenters. The summed E-state index contributed by atoms with van der Waals surface area (Å²) in [5, 5.41) is 5.94. The van der Waals surface area contributed by atoms with Gasteiger partial charge in [-0.3, -0.25) is 14.4 Å². The van der Waals surface area contributed by atoms with Crippen LogP contribution in [0.3, 0.4) is 0 Å². The number of hydrogen-bond acceptors (Lipinski definition) is 5. The van der Waals surface area contributed by atoms with Crippen LogP contribution in [0.2, 0.25) is 0 Å². The van der Waals surface area contributed by atoms with Crippen LogP contribution < -0.4 is 10.6 Å². The number of carbonyl (C=O) groups is 3. The predicted molar refractivity (Wildman–Crippen MR) is 108 cm³/mol. The summed E-state index contributed by atoms with van der Waals surface area (Å²) in [6, 6.07) is 0.150. The first-order valence-corrected chi connectivity index (χ1v) is 10.6. The number of ketones is 1. The average molecular weight is 399 g/mol. The van der Waals surface area contributed by atoms with E-state index in [9.17, 15) is 14.4 Å². The summed E-state index contributed by atoms with van der Waals surface area (Å²) in [5.74, 6) is 0.301. The van der Waals surface area contributed by atoms with E-state index in [1.807, 2.05) is 27.7 Å². The van der Waals surface area contributed by atoms with E-state index in [2.05, 4.69) is 10.6 Å². The van der Waals surface area contributed by atoms with Crippen LogP contribution in [0.15, 0.2) is 0 Å². The fourth-order valence-corrected chi connectivity index (χ4v) is 3.14. The van der Waals surface area contributed by atoms with Crippen LogP contribution in [0, 0.1) is 11.8 Å². The number of Topliss-reactive ketones (excluding diaryl/α,β-unsaturated/α-hetero) is 1. The number of nitrogens with one attached hydrogen (secondary N) is 2. The molecule has 1 fully saturated rings. The first kappa shape index (κ1) is 24.6. The van der Waals surface area contributed by atoms with Gasteiger partial charge in [-0.15, -0.1) is 0 Å². The van der Waals surface area contributed by atoms with Crippen molar-refractivity contribution in [1.29, 1.82) is 0 Å². The first-order chi connectivity index (χ1) is 13.3. The highest BCUT2D eigenvalue weighted by Gasteiger charge is 2.26. The number of rotatable bonds is 13. The second-order valence-electron chi connectivity index (χ2n) is 8.06. The lowest BCUT2D eigenvalue weighted by atomic mass is 9.85. The number of amides is 2. The standard InChI is InChI=1S/C21H38N2O5/c1-15(2)19(24)9-12-27-14-11-22-21(26)17-5-7-18(8-6-17)23-20(25)10-13-28-16(3)4/h15-18H,5-14H2,1-4H3,(H,22,26)(H,23,25). The lowest BCUT2D eigenvalue weighted by molar-refractivity contribution is -0.127. The van der Waals surface area contributed by atoms with Crippen molar-refractivity contribution in [1.82, 2.24) is 10.6 Å². The highest BCUT2D eigenvalue weighted by atomic mass is 16.5. The van der Waals surface area contributed by atoms with Crippen molar-refractivity contribution in [2.24, 2.45) is 11.8 Å². The Kier molecular flexibility index (Phi) is 12.0. The highest BCUT2D eigenvalue weighted by Crippen LogP contribution is 2.24. The van der Waals surface area contributed by atoms with Gasteiger partial charge in [-0.1, -0.05) is 13.8 Å². The SMILES string of the molecule is CC(C)OCCC(=O)NC1CCC(C(=O)NCCOCCC(=O)C(C)C)CC1. The van der Waals surface area contributed by atoms with Crippen LogP contribution in [0.5, 0.6) is 0 Å². The summed E-state index contributed by atoms with van der Waals surface area (Å²) < 4.78 is 10.8. The number of ether oxygens (including phenoxy) is 2. The largest absolute Gasteiger partial charge is 0.379 e. The molecule has 0 atom stereocenters. The highest BCUT2D eigenvalue weighted by molar-refractivity contribution is 5.80. The zero-order valence-corrected chi connectivity index (χ0v) is 17.9. The van der Waals surface area contributed by atoms with Gasteiger partial charge in [0.25, 0.3) is 0 Å². The monoisotopic (exact) mass is 398 g/mol. The molecular formula is C21H38N2O5. The molecule has 1 saturated carbocycles. The third kappa shape index (κ3) is 10.8. The molecule has 1 aliphatic carbocycles. The minimum Gasteiger partial charge on any atom is -0.379 e. The fraction of sp³-hybridized carbons (Fsp3) is 0.857. The second kappa shape index (κ2) is 13.7. The van der Waals surface area contributed by atoms with Gasteiger partial charge in [0.15, 0.2) is 0 Å². The number of hydrogen-bond donors (Lipinski definition) is 2. The third-order valence-corrected chi connectivity index (χ3v) is 4.93. The van der Waals surface area contributed by atoms with Gasteiger partial charge in [-0.2, -0.15) is 0 Å². The van der Waals surface area contributed by atoms with Gasteiger partial charge in [0.05, 0.1) is 25.9 Å². The van der Waals surface area contributed by atoms with E-state index in [1.54, 1.807) is 0 Å². The minimum atomic E-state index is -0.0000508. The summed E-state index contributed by atoms with van der Waals surface area (Å²) in [7, 11) is 0. The normalized spacial score (nSPS) is 19.6. The van der Waals surface area contributed by atoms with Crippen molar-refractivity contribution in [2.45, 2.75) is 78.4 Å². The van der Waals surface area contributed by atoms with Crippen molar-refractivity contribution < 1.29 is 23.9 Å². The van der Waals surface area contributed by atoms with Crippen LogP contribution in [0.25, 0.3) is 0 Å². The van der Waals surface area contributed by atoms with E-state index < -0.39 is 0 Å². The molecule has 0 radical (unpaired) electrons. The van der Waals surface area contributed by atoms with Gasteiger partial charge >= 0.3 is 0 Å². The maximum atomic E-state index is 12.2. The molecule has 162 valence electrons. The molecule has 0 aliphatic heterocycles. The smallest absolute Gasteiger partial charge is 0.223 e. The molecule has 28 heavy (non-hydrogen) atoms. The Hall–Kier alpha value is -1.47. The van der Waals surface area contributed by atoms with Crippen LogP contribution in [-0.4, -0.2) is 56.1 Å². The van der Waals surface area contributed by atoms with Gasteiger partial charge in [0.1, 0.15) is 5.78 Å². The van der Waals surface area contributed by atoms with Crippen molar-refractivity contribution in [3.05, 3.63) is 0 Å². The average Bonchev–Trinajstić information content (AvgIpc) is 2.64. The maximum absolute atomic E-state index is 12.2. The molecule has 7 nitrogen and oxygen atoms in total. The van der Waals surface area contributed by atoms with E-state index in [-0.39, 0.29) is 41.6 Å². The van der Waals surface area contributed by atoms with Crippen molar-refractivity contribution >= 4 is 17.6 Å². The summed E-state index contributed by atoms with van der Waals surface area (Å²) in [6.45, 7) is 9.37. The molecular weight excluding hydrogens is 360 g/mol. The predicted octanol–water partition coefficient (Wildman–Crippen LogP) is 2.22. The Morgan fingerprint density at radius 3 is 2.21 bits per heavy atom. The zero-order chi connectivity index (χ0) is 20.9. The van der Waals surface area contributed by atoms with Gasteiger partial charge in [-0.25, -0.2) is 0 Å². The molecule has 0 spiro atoms. The third-order valence-electron chi connectivity index (χ3n) is 4.93. The van der Waals surface area contributed by atoms with E-state index in [4.69, 9.17) is 9.47 Å². The molecule has 0 heterocycles. The summed E-state index contributed by atoms with van der Waals surface area (Å²) in [6.07, 6.45) is 4.14. The Bertz CT molecular complexity index is 485. The quantitative estimate of drug-likeness (QED) is 0.464. The zero-order valence-electron chi connectivity index (χ0n) is 17.9. The lowest BCUT2D eigenvalue weighted by Gasteiger charge is -2.28. The molecule has 2 amide bonds. The maximum Gasteiger partial charge on any atom is 0.223 e. The van der Waals surface area contributed by atoms with E-state index in [0.717, 1.165) is 25.7 Å². The van der Waals surface area contributed by atoms with Gasteiger partial charge in [0, 0.05) is 37.3 Å². The Balaban J connectivity index is 2.09. The van der Waals surface area contributed by atoms with Crippen molar-refractivity contribution in [3.8, 4) is 0 Å². The Morgan fingerprint density at radius 1 is 0.929 bits per heavy atom. The van der Waals surface area contributed by atoms with Crippen LogP contribution in [0.4, 0.5) is 0 Å². The Morgan fingerprint density at radius 2 is 1.61 bits per heavy atom. The molecule has 0 aromatic rings. The molecule has 0 saturated heterocycles. The summed E-state index contributed by atoms with van der Waals surface area (Å²) >= 11 is 0. The molecule has 0 bridgehead atoms. The summed E-state index contributed by atoms with van der Waals surface area (Å²) in [5.41, 5.74) is 0. The molecule has 0 aromatic heterocycles. The number of carbonyl (C=O) groups excluding carboxylic acids is 3. The molecule has 1 aliphatic rings. The van der Waals surface area contributed by atoms with Gasteiger partial charge < -0.3 is 20.1 Å². The fourth-order valence-electron chi connectivity index (χ4n) is 3.14. The molecule has 0 aromatic carbocycles. The van der Waals surface area contributed by atoms with Crippen LogP contribution in [0.1, 0.15) is 66.2 Å². The van der Waals surface area contributed by atoms with E-state index in [0.29, 0.717) is 39.2 Å². The summed E-state index contributed by atoms with van der Waals surface area (Å²) in [4.78, 5) is 35.6. The van der Waals surface area contributed by atoms with Crippen LogP contribution >= 0.6 is 0 Å². The van der Waals surface area contributed by atoms with E-state index >= 15 is 0 Å². The van der Waals surface area contributed by atoms with Crippen molar-refractivity contribution in [2.75, 3.05) is 26.4 Å². The van der Waals surface area contributed by atoms with Gasteiger partial charge in [-0.05, 0) is 39.5 Å². The van der Waals surface area contributed by atoms with Crippen LogP contribution in [-0.2, 0) is 23.9 Å². The Labute approximate surface area is 169 Å². The van der Waals surface area contributed by atoms with E-state index in [1.165, 1.54) is 0 Å². The van der Waals surface area contributed by atoms with Crippen molar-refractivity contribution in [3.63, 3.8) is 0 Å². The molecule has 2 N–H and O–H groups in total. The first-order valence-electron chi connectivity index (χ1n) is 10.6. The minimum absolute atomic E-state index is 0.0000508. The topological polar surface area (TPSA) is 93.7 Å². The second-order valence-corrected chi connectivity index (χ2v) is 8.06. The molecule has 1 rings (SSSR count). The van der Waals surface area contributed by atoms with Gasteiger partial charge in [0.2, 0.25) is 11.8 Å².